The van der Waals surface area contributed by atoms with Crippen LogP contribution in [0.2, 0.25) is 0 Å². The predicted molar refractivity (Wildman–Crippen MR) is 81.3 cm³/mol. The van der Waals surface area contributed by atoms with Gasteiger partial charge in [0.25, 0.3) is 5.69 Å². The molecule has 0 saturated carbocycles. The van der Waals surface area contributed by atoms with Gasteiger partial charge in [0.2, 0.25) is 5.91 Å². The van der Waals surface area contributed by atoms with Crippen LogP contribution in [0, 0.1) is 22.5 Å². The Morgan fingerprint density at radius 2 is 2.29 bits per heavy atom. The SMILES string of the molecule is CCCC1(C(=O)Nc2cc(C)ccc2[N+](=O)[O-])CCNC1. The summed E-state index contributed by atoms with van der Waals surface area (Å²) in [4.78, 5) is 23.3. The van der Waals surface area contributed by atoms with E-state index in [1.807, 2.05) is 13.8 Å². The molecule has 2 rings (SSSR count). The zero-order valence-electron chi connectivity index (χ0n) is 12.4. The van der Waals surface area contributed by atoms with Crippen molar-refractivity contribution in [3.63, 3.8) is 0 Å². The summed E-state index contributed by atoms with van der Waals surface area (Å²) in [5.74, 6) is -0.122. The summed E-state index contributed by atoms with van der Waals surface area (Å²) in [6.45, 7) is 5.33. The highest BCUT2D eigenvalue weighted by atomic mass is 16.6. The van der Waals surface area contributed by atoms with Gasteiger partial charge in [0.15, 0.2) is 0 Å². The normalized spacial score (nSPS) is 21.2. The van der Waals surface area contributed by atoms with Gasteiger partial charge in [-0.1, -0.05) is 19.4 Å². The third-order valence-corrected chi connectivity index (χ3v) is 4.05. The molecule has 0 aromatic heterocycles. The van der Waals surface area contributed by atoms with E-state index in [0.29, 0.717) is 6.54 Å². The van der Waals surface area contributed by atoms with E-state index in [1.54, 1.807) is 12.1 Å². The number of nitrogens with zero attached hydrogens (tertiary/aromatic N) is 1. The van der Waals surface area contributed by atoms with Crippen LogP contribution in [0.3, 0.4) is 0 Å². The molecule has 1 atom stereocenters. The molecule has 6 nitrogen and oxygen atoms in total. The third kappa shape index (κ3) is 3.21. The Morgan fingerprint density at radius 3 is 2.86 bits per heavy atom. The summed E-state index contributed by atoms with van der Waals surface area (Å²) in [6.07, 6.45) is 2.46. The first kappa shape index (κ1) is 15.4. The van der Waals surface area contributed by atoms with Crippen LogP contribution in [0.15, 0.2) is 18.2 Å². The number of nitro groups is 1. The van der Waals surface area contributed by atoms with Gasteiger partial charge in [0.1, 0.15) is 5.69 Å². The molecular weight excluding hydrogens is 270 g/mol. The first-order chi connectivity index (χ1) is 9.98. The van der Waals surface area contributed by atoms with Gasteiger partial charge in [-0.05, 0) is 37.9 Å². The Labute approximate surface area is 124 Å². The molecule has 1 aromatic rings. The molecule has 1 aromatic carbocycles. The van der Waals surface area contributed by atoms with E-state index >= 15 is 0 Å². The molecule has 1 amide bonds. The van der Waals surface area contributed by atoms with Gasteiger partial charge in [0.05, 0.1) is 10.3 Å². The van der Waals surface area contributed by atoms with Gasteiger partial charge < -0.3 is 10.6 Å². The number of nitro benzene ring substituents is 1. The molecule has 0 radical (unpaired) electrons. The quantitative estimate of drug-likeness (QED) is 0.645. The second-order valence-corrected chi connectivity index (χ2v) is 5.69. The van der Waals surface area contributed by atoms with Crippen molar-refractivity contribution in [1.29, 1.82) is 0 Å². The van der Waals surface area contributed by atoms with Crippen molar-refractivity contribution in [3.05, 3.63) is 33.9 Å². The number of benzene rings is 1. The van der Waals surface area contributed by atoms with E-state index < -0.39 is 10.3 Å². The molecule has 1 saturated heterocycles. The molecular formula is C15H21N3O3. The monoisotopic (exact) mass is 291 g/mol. The number of aryl methyl sites for hydroxylation is 1. The Bertz CT molecular complexity index is 551. The molecule has 0 aliphatic carbocycles. The minimum atomic E-state index is -0.464. The van der Waals surface area contributed by atoms with Gasteiger partial charge in [-0.25, -0.2) is 0 Å². The van der Waals surface area contributed by atoms with Gasteiger partial charge in [-0.3, -0.25) is 14.9 Å². The predicted octanol–water partition coefficient (Wildman–Crippen LogP) is 2.62. The third-order valence-electron chi connectivity index (χ3n) is 4.05. The molecule has 1 unspecified atom stereocenters. The van der Waals surface area contributed by atoms with E-state index in [1.165, 1.54) is 6.07 Å². The van der Waals surface area contributed by atoms with E-state index in [9.17, 15) is 14.9 Å². The number of rotatable bonds is 5. The fraction of sp³-hybridized carbons (Fsp3) is 0.533. The molecule has 0 bridgehead atoms. The molecule has 21 heavy (non-hydrogen) atoms. The number of amides is 1. The van der Waals surface area contributed by atoms with Crippen LogP contribution in [0.5, 0.6) is 0 Å². The standard InChI is InChI=1S/C15H21N3O3/c1-3-6-15(7-8-16-10-15)14(19)17-12-9-11(2)4-5-13(12)18(20)21/h4-5,9,16H,3,6-8,10H2,1-2H3,(H,17,19). The van der Waals surface area contributed by atoms with E-state index in [4.69, 9.17) is 0 Å². The maximum atomic E-state index is 12.6. The number of hydrogen-bond acceptors (Lipinski definition) is 4. The molecule has 1 heterocycles. The molecule has 114 valence electrons. The van der Waals surface area contributed by atoms with E-state index in [2.05, 4.69) is 10.6 Å². The van der Waals surface area contributed by atoms with Gasteiger partial charge >= 0.3 is 0 Å². The van der Waals surface area contributed by atoms with Gasteiger partial charge in [0, 0.05) is 12.6 Å². The van der Waals surface area contributed by atoms with Crippen molar-refractivity contribution in [3.8, 4) is 0 Å². The molecule has 1 aliphatic rings. The minimum Gasteiger partial charge on any atom is -0.320 e. The first-order valence-electron chi connectivity index (χ1n) is 7.26. The van der Waals surface area contributed by atoms with Crippen molar-refractivity contribution >= 4 is 17.3 Å². The highest BCUT2D eigenvalue weighted by molar-refractivity contribution is 5.97. The van der Waals surface area contributed by atoms with Crippen LogP contribution in [0.25, 0.3) is 0 Å². The van der Waals surface area contributed by atoms with Gasteiger partial charge in [-0.15, -0.1) is 0 Å². The van der Waals surface area contributed by atoms with Gasteiger partial charge in [-0.2, -0.15) is 0 Å². The lowest BCUT2D eigenvalue weighted by Gasteiger charge is -2.26. The van der Waals surface area contributed by atoms with Crippen LogP contribution in [0.4, 0.5) is 11.4 Å². The Balaban J connectivity index is 2.26. The zero-order valence-corrected chi connectivity index (χ0v) is 12.4. The van der Waals surface area contributed by atoms with Crippen LogP contribution in [-0.2, 0) is 4.79 Å². The minimum absolute atomic E-state index is 0.0634. The molecule has 0 spiro atoms. The van der Waals surface area contributed by atoms with E-state index in [0.717, 1.165) is 31.4 Å². The van der Waals surface area contributed by atoms with Crippen molar-refractivity contribution in [2.45, 2.75) is 33.1 Å². The lowest BCUT2D eigenvalue weighted by atomic mass is 9.81. The molecule has 1 aliphatic heterocycles. The first-order valence-corrected chi connectivity index (χ1v) is 7.26. The second kappa shape index (κ2) is 6.22. The van der Waals surface area contributed by atoms with Crippen molar-refractivity contribution in [2.24, 2.45) is 5.41 Å². The topological polar surface area (TPSA) is 84.3 Å². The average molecular weight is 291 g/mol. The number of carbonyl (C=O) groups excluding carboxylic acids is 1. The summed E-state index contributed by atoms with van der Waals surface area (Å²) in [5.41, 5.74) is 0.649. The Morgan fingerprint density at radius 1 is 1.52 bits per heavy atom. The molecule has 6 heteroatoms. The van der Waals surface area contributed by atoms with Crippen molar-refractivity contribution < 1.29 is 9.72 Å². The number of hydrogen-bond donors (Lipinski definition) is 2. The maximum absolute atomic E-state index is 12.6. The van der Waals surface area contributed by atoms with E-state index in [-0.39, 0.29) is 17.3 Å². The maximum Gasteiger partial charge on any atom is 0.292 e. The van der Waals surface area contributed by atoms with Crippen molar-refractivity contribution in [2.75, 3.05) is 18.4 Å². The highest BCUT2D eigenvalue weighted by Gasteiger charge is 2.40. The molecule has 2 N–H and O–H groups in total. The van der Waals surface area contributed by atoms with Crippen LogP contribution < -0.4 is 10.6 Å². The fourth-order valence-corrected chi connectivity index (χ4v) is 2.91. The summed E-state index contributed by atoms with van der Waals surface area (Å²) in [5, 5.41) is 17.1. The summed E-state index contributed by atoms with van der Waals surface area (Å²) >= 11 is 0. The highest BCUT2D eigenvalue weighted by Crippen LogP contribution is 2.34. The number of carbonyl (C=O) groups is 1. The smallest absolute Gasteiger partial charge is 0.292 e. The average Bonchev–Trinajstić information content (AvgIpc) is 2.88. The fourth-order valence-electron chi connectivity index (χ4n) is 2.91. The lowest BCUT2D eigenvalue weighted by Crippen LogP contribution is -2.38. The van der Waals surface area contributed by atoms with Crippen LogP contribution in [-0.4, -0.2) is 23.9 Å². The lowest BCUT2D eigenvalue weighted by molar-refractivity contribution is -0.383. The number of anilines is 1. The number of nitrogens with one attached hydrogen (secondary N) is 2. The zero-order chi connectivity index (χ0) is 15.5. The Kier molecular flexibility index (Phi) is 4.57. The Hall–Kier alpha value is -1.95. The summed E-state index contributed by atoms with van der Waals surface area (Å²) < 4.78 is 0. The van der Waals surface area contributed by atoms with Crippen LogP contribution in [0.1, 0.15) is 31.7 Å². The largest absolute Gasteiger partial charge is 0.320 e. The summed E-state index contributed by atoms with van der Waals surface area (Å²) in [6, 6.07) is 4.76. The summed E-state index contributed by atoms with van der Waals surface area (Å²) in [7, 11) is 0. The van der Waals surface area contributed by atoms with Crippen molar-refractivity contribution in [1.82, 2.24) is 5.32 Å². The second-order valence-electron chi connectivity index (χ2n) is 5.69. The molecule has 1 fully saturated rings. The van der Waals surface area contributed by atoms with Crippen LogP contribution >= 0.6 is 0 Å².